The zero-order valence-electron chi connectivity index (χ0n) is 19.1. The van der Waals surface area contributed by atoms with Crippen LogP contribution in [0.15, 0.2) is 24.3 Å². The number of Topliss-reactive ketones (excluding diaryl/α,β-unsaturated/α-hetero) is 1. The van der Waals surface area contributed by atoms with E-state index >= 15 is 0 Å². The number of hydrogen-bond acceptors (Lipinski definition) is 6. The van der Waals surface area contributed by atoms with Crippen LogP contribution in [0.5, 0.6) is 5.75 Å². The van der Waals surface area contributed by atoms with Crippen molar-refractivity contribution in [2.45, 2.75) is 45.7 Å². The van der Waals surface area contributed by atoms with Crippen LogP contribution in [0.2, 0.25) is 0 Å². The quantitative estimate of drug-likeness (QED) is 0.483. The summed E-state index contributed by atoms with van der Waals surface area (Å²) in [6.07, 6.45) is 1.67. The second-order valence-corrected chi connectivity index (χ2v) is 8.13. The first-order valence-electron chi connectivity index (χ1n) is 10.8. The van der Waals surface area contributed by atoms with Gasteiger partial charge in [-0.05, 0) is 31.4 Å². The highest BCUT2D eigenvalue weighted by molar-refractivity contribution is 6.01. The van der Waals surface area contributed by atoms with Gasteiger partial charge in [-0.2, -0.15) is 0 Å². The highest BCUT2D eigenvalue weighted by Crippen LogP contribution is 2.23. The van der Waals surface area contributed by atoms with Gasteiger partial charge in [-0.1, -0.05) is 18.2 Å². The van der Waals surface area contributed by atoms with Crippen molar-refractivity contribution in [1.82, 2.24) is 15.2 Å². The van der Waals surface area contributed by atoms with E-state index in [9.17, 15) is 14.4 Å². The van der Waals surface area contributed by atoms with Gasteiger partial charge in [0.2, 0.25) is 5.91 Å². The van der Waals surface area contributed by atoms with Crippen LogP contribution in [0.3, 0.4) is 0 Å². The van der Waals surface area contributed by atoms with Crippen LogP contribution in [0.25, 0.3) is 0 Å². The Morgan fingerprint density at radius 3 is 2.47 bits per heavy atom. The lowest BCUT2D eigenvalue weighted by atomic mass is 10.0. The Balaban J connectivity index is 1.57. The number of hydrogen-bond donors (Lipinski definition) is 2. The smallest absolute Gasteiger partial charge is 0.339 e. The Labute approximate surface area is 188 Å². The number of ether oxygens (including phenoxy) is 2. The van der Waals surface area contributed by atoms with Gasteiger partial charge in [-0.15, -0.1) is 0 Å². The average Bonchev–Trinajstić information content (AvgIpc) is 3.10. The molecule has 0 unspecified atom stereocenters. The van der Waals surface area contributed by atoms with E-state index in [4.69, 9.17) is 9.47 Å². The summed E-state index contributed by atoms with van der Waals surface area (Å²) in [5, 5.41) is 3.07. The molecule has 2 aromatic rings. The molecule has 1 aromatic carbocycles. The Hall–Kier alpha value is -3.13. The van der Waals surface area contributed by atoms with Crippen molar-refractivity contribution in [3.8, 4) is 5.75 Å². The molecule has 32 heavy (non-hydrogen) atoms. The zero-order chi connectivity index (χ0) is 23.3. The topological polar surface area (TPSA) is 101 Å². The minimum absolute atomic E-state index is 0.0139. The molecule has 0 spiro atoms. The highest BCUT2D eigenvalue weighted by atomic mass is 16.5. The number of methoxy groups -OCH3 is 2. The number of ketones is 1. The summed E-state index contributed by atoms with van der Waals surface area (Å²) >= 11 is 0. The van der Waals surface area contributed by atoms with Crippen molar-refractivity contribution in [2.75, 3.05) is 27.3 Å². The number of nitrogens with zero attached hydrogens (tertiary/aromatic N) is 1. The third kappa shape index (κ3) is 5.37. The van der Waals surface area contributed by atoms with Crippen molar-refractivity contribution < 1.29 is 23.9 Å². The normalized spacial score (nSPS) is 14.8. The number of likely N-dealkylation sites (tertiary alicyclic amines) is 1. The number of piperidine rings is 1. The maximum atomic E-state index is 12.7. The number of carbonyl (C=O) groups excluding carboxylic acids is 3. The number of nitrogens with one attached hydrogen (secondary N) is 2. The predicted molar refractivity (Wildman–Crippen MR) is 120 cm³/mol. The van der Waals surface area contributed by atoms with Gasteiger partial charge in [0.1, 0.15) is 5.75 Å². The van der Waals surface area contributed by atoms with Crippen LogP contribution in [-0.2, 0) is 22.5 Å². The molecule has 0 bridgehead atoms. The molecule has 172 valence electrons. The van der Waals surface area contributed by atoms with Crippen LogP contribution < -0.4 is 10.1 Å². The fourth-order valence-corrected chi connectivity index (χ4v) is 4.27. The van der Waals surface area contributed by atoms with Crippen LogP contribution >= 0.6 is 0 Å². The van der Waals surface area contributed by atoms with E-state index in [1.807, 2.05) is 18.2 Å². The van der Waals surface area contributed by atoms with Crippen LogP contribution in [0.4, 0.5) is 0 Å². The molecule has 2 heterocycles. The molecular weight excluding hydrogens is 410 g/mol. The fourth-order valence-electron chi connectivity index (χ4n) is 4.27. The van der Waals surface area contributed by atoms with Gasteiger partial charge < -0.3 is 19.8 Å². The lowest BCUT2D eigenvalue weighted by Crippen LogP contribution is -2.44. The maximum absolute atomic E-state index is 12.7. The number of amides is 1. The average molecular weight is 442 g/mol. The molecule has 1 saturated heterocycles. The van der Waals surface area contributed by atoms with E-state index in [-0.39, 0.29) is 29.7 Å². The van der Waals surface area contributed by atoms with Crippen molar-refractivity contribution in [3.63, 3.8) is 0 Å². The number of aromatic amines is 1. The van der Waals surface area contributed by atoms with Gasteiger partial charge in [0.25, 0.3) is 0 Å². The number of para-hydroxylation sites is 1. The molecule has 2 N–H and O–H groups in total. The van der Waals surface area contributed by atoms with Gasteiger partial charge in [-0.25, -0.2) is 4.79 Å². The summed E-state index contributed by atoms with van der Waals surface area (Å²) in [4.78, 5) is 42.0. The van der Waals surface area contributed by atoms with Gasteiger partial charge >= 0.3 is 5.97 Å². The number of rotatable bonds is 8. The third-order valence-electron chi connectivity index (χ3n) is 5.95. The van der Waals surface area contributed by atoms with Crippen LogP contribution in [0, 0.1) is 6.92 Å². The van der Waals surface area contributed by atoms with Gasteiger partial charge in [0.05, 0.1) is 31.9 Å². The Kier molecular flexibility index (Phi) is 7.69. The second kappa shape index (κ2) is 10.5. The Morgan fingerprint density at radius 2 is 1.84 bits per heavy atom. The monoisotopic (exact) mass is 441 g/mol. The second-order valence-electron chi connectivity index (χ2n) is 8.13. The summed E-state index contributed by atoms with van der Waals surface area (Å²) in [5.74, 6) is -0.0504. The van der Waals surface area contributed by atoms with E-state index in [1.165, 1.54) is 14.0 Å². The largest absolute Gasteiger partial charge is 0.496 e. The van der Waals surface area contributed by atoms with Crippen molar-refractivity contribution >= 4 is 17.7 Å². The molecule has 0 atom stereocenters. The Bertz CT molecular complexity index is 990. The summed E-state index contributed by atoms with van der Waals surface area (Å²) in [6.45, 7) is 5.64. The molecular formula is C24H31N3O5. The van der Waals surface area contributed by atoms with E-state index in [0.717, 1.165) is 43.8 Å². The van der Waals surface area contributed by atoms with Gasteiger partial charge in [0.15, 0.2) is 5.78 Å². The molecule has 1 aromatic heterocycles. The van der Waals surface area contributed by atoms with E-state index in [1.54, 1.807) is 14.0 Å². The van der Waals surface area contributed by atoms with Gasteiger partial charge in [0, 0.05) is 43.9 Å². The number of benzene rings is 1. The van der Waals surface area contributed by atoms with Crippen molar-refractivity contribution in [3.05, 3.63) is 52.3 Å². The molecule has 8 nitrogen and oxygen atoms in total. The maximum Gasteiger partial charge on any atom is 0.339 e. The molecule has 3 rings (SSSR count). The molecule has 0 aliphatic carbocycles. The third-order valence-corrected chi connectivity index (χ3v) is 5.95. The minimum Gasteiger partial charge on any atom is -0.496 e. The first-order valence-corrected chi connectivity index (χ1v) is 10.8. The lowest BCUT2D eigenvalue weighted by Gasteiger charge is -2.32. The summed E-state index contributed by atoms with van der Waals surface area (Å²) in [6, 6.07) is 8.07. The summed E-state index contributed by atoms with van der Waals surface area (Å²) in [7, 11) is 2.96. The molecule has 0 radical (unpaired) electrons. The summed E-state index contributed by atoms with van der Waals surface area (Å²) < 4.78 is 10.3. The number of aromatic nitrogens is 1. The van der Waals surface area contributed by atoms with Crippen molar-refractivity contribution in [1.29, 1.82) is 0 Å². The van der Waals surface area contributed by atoms with Crippen LogP contribution in [0.1, 0.15) is 57.4 Å². The molecule has 1 amide bonds. The standard InChI is InChI=1S/C24H31N3O5/c1-15-22(24(30)32-4)19(26-23(15)16(2)28)13-21(29)25-18-9-11-27(12-10-18)14-17-7-5-6-8-20(17)31-3/h5-8,18,26H,9-14H2,1-4H3,(H,25,29). The number of H-pyrrole nitrogens is 1. The van der Waals surface area contributed by atoms with E-state index in [0.29, 0.717) is 17.0 Å². The summed E-state index contributed by atoms with van der Waals surface area (Å²) in [5.41, 5.74) is 2.66. The first kappa shape index (κ1) is 23.5. The van der Waals surface area contributed by atoms with Crippen LogP contribution in [-0.4, -0.2) is 60.9 Å². The highest BCUT2D eigenvalue weighted by Gasteiger charge is 2.26. The molecule has 1 aliphatic rings. The zero-order valence-corrected chi connectivity index (χ0v) is 19.1. The Morgan fingerprint density at radius 1 is 1.16 bits per heavy atom. The predicted octanol–water partition coefficient (Wildman–Crippen LogP) is 2.64. The minimum atomic E-state index is -0.557. The fraction of sp³-hybridized carbons (Fsp3) is 0.458. The first-order chi connectivity index (χ1) is 15.3. The van der Waals surface area contributed by atoms with E-state index in [2.05, 4.69) is 21.3 Å². The van der Waals surface area contributed by atoms with Gasteiger partial charge in [-0.3, -0.25) is 14.5 Å². The molecule has 8 heteroatoms. The molecule has 0 saturated carbocycles. The SMILES string of the molecule is COC(=O)c1c(CC(=O)NC2CCN(Cc3ccccc3OC)CC2)[nH]c(C(C)=O)c1C. The lowest BCUT2D eigenvalue weighted by molar-refractivity contribution is -0.121. The van der Waals surface area contributed by atoms with E-state index < -0.39 is 5.97 Å². The molecule has 1 aliphatic heterocycles. The van der Waals surface area contributed by atoms with Crippen molar-refractivity contribution in [2.24, 2.45) is 0 Å². The number of esters is 1. The number of carbonyl (C=O) groups is 3. The molecule has 1 fully saturated rings.